The van der Waals surface area contributed by atoms with Crippen molar-refractivity contribution in [2.75, 3.05) is 0 Å². The zero-order chi connectivity index (χ0) is 11.2. The molecular weight excluding hydrogens is 192 g/mol. The van der Waals surface area contributed by atoms with E-state index in [4.69, 9.17) is 0 Å². The first kappa shape index (κ1) is 11.2. The van der Waals surface area contributed by atoms with Crippen molar-refractivity contribution in [1.82, 2.24) is 0 Å². The Morgan fingerprint density at radius 1 is 1.00 bits per heavy atom. The Balaban J connectivity index is 2.02. The first-order valence-electron chi connectivity index (χ1n) is 6.29. The molecule has 0 N–H and O–H groups in total. The quantitative estimate of drug-likeness (QED) is 0.625. The van der Waals surface area contributed by atoms with Gasteiger partial charge < -0.3 is 0 Å². The highest BCUT2D eigenvalue weighted by Gasteiger charge is 1.96. The van der Waals surface area contributed by atoms with Gasteiger partial charge in [-0.3, -0.25) is 0 Å². The van der Waals surface area contributed by atoms with Crippen molar-refractivity contribution in [1.29, 1.82) is 0 Å². The molecule has 2 aromatic carbocycles. The zero-order valence-corrected chi connectivity index (χ0v) is 10.00. The van der Waals surface area contributed by atoms with Crippen LogP contribution < -0.4 is 0 Å². The fraction of sp³-hybridized carbons (Fsp3) is 0.375. The average molecular weight is 211 g/mol. The second kappa shape index (κ2) is 5.69. The summed E-state index contributed by atoms with van der Waals surface area (Å²) in [5, 5.41) is 2.63. The standard InChI is InChI=1S/C16H19/c1-2-3-4-5-8-14-11-12-15-9-6-7-10-16(15)13-14/h7,9-13H,2-5,8H2,1H3. The monoisotopic (exact) mass is 211 g/mol. The molecule has 0 heterocycles. The number of aryl methyl sites for hydroxylation is 1. The molecule has 0 amide bonds. The number of unbranched alkanes of at least 4 members (excludes halogenated alkanes) is 3. The predicted molar refractivity (Wildman–Crippen MR) is 70.6 cm³/mol. The van der Waals surface area contributed by atoms with Crippen LogP contribution in [0.25, 0.3) is 10.8 Å². The van der Waals surface area contributed by atoms with Crippen LogP contribution in [0.5, 0.6) is 0 Å². The van der Waals surface area contributed by atoms with Crippen molar-refractivity contribution < 1.29 is 0 Å². The molecule has 0 aliphatic rings. The average Bonchev–Trinajstić information content (AvgIpc) is 2.34. The highest BCUT2D eigenvalue weighted by Crippen LogP contribution is 2.17. The van der Waals surface area contributed by atoms with Crippen molar-refractivity contribution in [3.8, 4) is 0 Å². The van der Waals surface area contributed by atoms with Crippen molar-refractivity contribution >= 4 is 10.8 Å². The highest BCUT2D eigenvalue weighted by atomic mass is 14.0. The van der Waals surface area contributed by atoms with E-state index < -0.39 is 0 Å². The van der Waals surface area contributed by atoms with E-state index in [0.717, 1.165) is 0 Å². The maximum atomic E-state index is 3.11. The SMILES string of the molecule is CCCCCCc1ccc2c[c]ccc2c1. The van der Waals surface area contributed by atoms with Gasteiger partial charge in [0.2, 0.25) is 0 Å². The van der Waals surface area contributed by atoms with Gasteiger partial charge in [-0.25, -0.2) is 0 Å². The van der Waals surface area contributed by atoms with E-state index in [1.54, 1.807) is 0 Å². The molecule has 0 nitrogen and oxygen atoms in total. The summed E-state index contributed by atoms with van der Waals surface area (Å²) in [6, 6.07) is 16.1. The van der Waals surface area contributed by atoms with Crippen LogP contribution in [0.15, 0.2) is 36.4 Å². The zero-order valence-electron chi connectivity index (χ0n) is 10.00. The molecule has 0 aliphatic heterocycles. The molecule has 0 aromatic heterocycles. The Labute approximate surface area is 98.3 Å². The third-order valence-corrected chi connectivity index (χ3v) is 3.07. The Hall–Kier alpha value is -1.30. The second-order valence-corrected chi connectivity index (χ2v) is 4.42. The van der Waals surface area contributed by atoms with Gasteiger partial charge in [0.1, 0.15) is 0 Å². The van der Waals surface area contributed by atoms with E-state index in [1.807, 2.05) is 6.07 Å². The molecule has 16 heavy (non-hydrogen) atoms. The second-order valence-electron chi connectivity index (χ2n) is 4.42. The highest BCUT2D eigenvalue weighted by molar-refractivity contribution is 5.82. The Bertz CT molecular complexity index is 442. The van der Waals surface area contributed by atoms with E-state index >= 15 is 0 Å². The summed E-state index contributed by atoms with van der Waals surface area (Å²) >= 11 is 0. The van der Waals surface area contributed by atoms with E-state index in [2.05, 4.69) is 43.3 Å². The van der Waals surface area contributed by atoms with Gasteiger partial charge in [-0.2, -0.15) is 0 Å². The molecule has 0 bridgehead atoms. The molecule has 2 rings (SSSR count). The number of hydrogen-bond acceptors (Lipinski definition) is 0. The summed E-state index contributed by atoms with van der Waals surface area (Å²) in [6.07, 6.45) is 6.57. The lowest BCUT2D eigenvalue weighted by molar-refractivity contribution is 0.667. The molecule has 83 valence electrons. The molecular formula is C16H19. The van der Waals surface area contributed by atoms with E-state index in [-0.39, 0.29) is 0 Å². The first-order chi connectivity index (χ1) is 7.90. The fourth-order valence-corrected chi connectivity index (χ4v) is 2.09. The summed E-state index contributed by atoms with van der Waals surface area (Å²) in [6.45, 7) is 2.26. The lowest BCUT2D eigenvalue weighted by atomic mass is 10.0. The Kier molecular flexibility index (Phi) is 3.98. The van der Waals surface area contributed by atoms with Crippen LogP contribution in [-0.2, 0) is 6.42 Å². The summed E-state index contributed by atoms with van der Waals surface area (Å²) in [5.41, 5.74) is 1.47. The lowest BCUT2D eigenvalue weighted by Crippen LogP contribution is -1.86. The van der Waals surface area contributed by atoms with Gasteiger partial charge in [0.15, 0.2) is 0 Å². The molecule has 0 atom stereocenters. The molecule has 0 aliphatic carbocycles. The van der Waals surface area contributed by atoms with Gasteiger partial charge in [-0.05, 0) is 41.3 Å². The van der Waals surface area contributed by atoms with Crippen molar-refractivity contribution in [3.63, 3.8) is 0 Å². The predicted octanol–water partition coefficient (Wildman–Crippen LogP) is 4.76. The van der Waals surface area contributed by atoms with Crippen molar-refractivity contribution in [2.24, 2.45) is 0 Å². The number of fused-ring (bicyclic) bond motifs is 1. The topological polar surface area (TPSA) is 0 Å². The largest absolute Gasteiger partial charge is 0.0654 e. The van der Waals surface area contributed by atoms with Gasteiger partial charge in [-0.1, -0.05) is 56.5 Å². The number of rotatable bonds is 5. The van der Waals surface area contributed by atoms with E-state index in [0.29, 0.717) is 0 Å². The minimum Gasteiger partial charge on any atom is -0.0654 e. The molecule has 0 fully saturated rings. The third-order valence-electron chi connectivity index (χ3n) is 3.07. The summed E-state index contributed by atoms with van der Waals surface area (Å²) in [4.78, 5) is 0. The van der Waals surface area contributed by atoms with E-state index in [9.17, 15) is 0 Å². The maximum absolute atomic E-state index is 3.11. The van der Waals surface area contributed by atoms with Gasteiger partial charge in [0, 0.05) is 0 Å². The van der Waals surface area contributed by atoms with Crippen LogP contribution in [0, 0.1) is 6.07 Å². The third kappa shape index (κ3) is 2.85. The van der Waals surface area contributed by atoms with Crippen LogP contribution in [0.4, 0.5) is 0 Å². The number of hydrogen-bond donors (Lipinski definition) is 0. The van der Waals surface area contributed by atoms with Crippen LogP contribution in [0.2, 0.25) is 0 Å². The Morgan fingerprint density at radius 2 is 1.94 bits per heavy atom. The van der Waals surface area contributed by atoms with Crippen LogP contribution in [0.1, 0.15) is 38.2 Å². The smallest absolute Gasteiger partial charge is 0.0177 e. The fourth-order valence-electron chi connectivity index (χ4n) is 2.09. The molecule has 0 heteroatoms. The normalized spacial score (nSPS) is 10.8. The van der Waals surface area contributed by atoms with Crippen molar-refractivity contribution in [2.45, 2.75) is 39.0 Å². The van der Waals surface area contributed by atoms with Crippen LogP contribution >= 0.6 is 0 Å². The molecule has 2 aromatic rings. The lowest BCUT2D eigenvalue weighted by Gasteiger charge is -2.03. The minimum absolute atomic E-state index is 1.22. The summed E-state index contributed by atoms with van der Waals surface area (Å²) < 4.78 is 0. The van der Waals surface area contributed by atoms with Crippen molar-refractivity contribution in [3.05, 3.63) is 48.0 Å². The molecule has 1 radical (unpaired) electrons. The first-order valence-corrected chi connectivity index (χ1v) is 6.29. The van der Waals surface area contributed by atoms with Crippen LogP contribution in [-0.4, -0.2) is 0 Å². The maximum Gasteiger partial charge on any atom is -0.0177 e. The van der Waals surface area contributed by atoms with Gasteiger partial charge in [-0.15, -0.1) is 0 Å². The molecule has 0 saturated carbocycles. The molecule has 0 unspecified atom stereocenters. The Morgan fingerprint density at radius 3 is 2.81 bits per heavy atom. The van der Waals surface area contributed by atoms with Crippen LogP contribution in [0.3, 0.4) is 0 Å². The minimum atomic E-state index is 1.22. The number of benzene rings is 2. The summed E-state index contributed by atoms with van der Waals surface area (Å²) in [7, 11) is 0. The van der Waals surface area contributed by atoms with Gasteiger partial charge in [0.25, 0.3) is 0 Å². The van der Waals surface area contributed by atoms with Gasteiger partial charge in [0.05, 0.1) is 0 Å². The van der Waals surface area contributed by atoms with E-state index in [1.165, 1.54) is 48.4 Å². The van der Waals surface area contributed by atoms with Gasteiger partial charge >= 0.3 is 0 Å². The molecule has 0 spiro atoms. The molecule has 0 saturated heterocycles. The summed E-state index contributed by atoms with van der Waals surface area (Å²) in [5.74, 6) is 0.